The van der Waals surface area contributed by atoms with E-state index in [1.807, 2.05) is 0 Å². The van der Waals surface area contributed by atoms with Gasteiger partial charge in [0.15, 0.2) is 0 Å². The lowest BCUT2D eigenvalue weighted by atomic mass is 9.80. The molecule has 0 spiro atoms. The molecule has 2 saturated carbocycles. The molecule has 2 fully saturated rings. The van der Waals surface area contributed by atoms with Gasteiger partial charge in [-0.25, -0.2) is 43.4 Å². The third-order valence-corrected chi connectivity index (χ3v) is 15.6. The number of rotatable bonds is 16. The van der Waals surface area contributed by atoms with Crippen LogP contribution in [0.4, 0.5) is 167 Å². The van der Waals surface area contributed by atoms with Gasteiger partial charge in [-0.3, -0.25) is 4.57 Å². The maximum absolute atomic E-state index is 16.2. The summed E-state index contributed by atoms with van der Waals surface area (Å²) in [5.41, 5.74) is 0. The molecule has 2 aliphatic rings. The number of hydrogen-bond acceptors (Lipinski definition) is 8. The molecule has 0 bridgehead atoms. The first-order valence-electron chi connectivity index (χ1n) is 16.8. The first-order chi connectivity index (χ1) is 31.8. The van der Waals surface area contributed by atoms with Crippen LogP contribution in [0.5, 0.6) is 0 Å². The van der Waals surface area contributed by atoms with Crippen molar-refractivity contribution in [2.75, 3.05) is 13.1 Å². The van der Waals surface area contributed by atoms with Crippen LogP contribution in [0.1, 0.15) is 13.8 Å². The summed E-state index contributed by atoms with van der Waals surface area (Å²) in [7, 11) is -31.4. The van der Waals surface area contributed by atoms with Crippen LogP contribution in [0.25, 0.3) is 0 Å². The summed E-state index contributed by atoms with van der Waals surface area (Å²) in [6, 6.07) is 0. The van der Waals surface area contributed by atoms with Gasteiger partial charge >= 0.3 is 117 Å². The molecule has 4 N–H and O–H groups in total. The number of halogens is 38. The summed E-state index contributed by atoms with van der Waals surface area (Å²) < 4.78 is 606. The smallest absolute Gasteiger partial charge is 0.458 e. The highest BCUT2D eigenvalue weighted by Crippen LogP contribution is 2.75. The second-order valence-electron chi connectivity index (χ2n) is 14.3. The molecule has 2 rings (SSSR count). The Morgan fingerprint density at radius 1 is 0.382 bits per heavy atom. The summed E-state index contributed by atoms with van der Waals surface area (Å²) in [5.74, 6) is -129. The van der Waals surface area contributed by atoms with Crippen molar-refractivity contribution in [1.29, 1.82) is 0 Å². The van der Waals surface area contributed by atoms with Gasteiger partial charge in [-0.1, -0.05) is 13.8 Å². The Hall–Kier alpha value is -2.77. The molecule has 0 heterocycles. The molecule has 0 radical (unpaired) electrons. The van der Waals surface area contributed by atoms with Crippen LogP contribution >= 0.6 is 7.82 Å². The molecule has 76 heavy (non-hydrogen) atoms. The van der Waals surface area contributed by atoms with Gasteiger partial charge in [0.25, 0.3) is 27.9 Å². The van der Waals surface area contributed by atoms with E-state index in [9.17, 15) is 158 Å². The van der Waals surface area contributed by atoms with Crippen molar-refractivity contribution in [3.63, 3.8) is 0 Å². The average molecular weight is 1290 g/mol. The van der Waals surface area contributed by atoms with E-state index in [1.165, 1.54) is 9.05 Å². The highest BCUT2D eigenvalue weighted by Gasteiger charge is 3.07. The minimum Gasteiger partial charge on any atom is -0.756 e. The van der Waals surface area contributed by atoms with Crippen LogP contribution in [0, 0.1) is 0 Å². The van der Waals surface area contributed by atoms with Gasteiger partial charge in [0, 0.05) is 13.1 Å². The Kier molecular flexibility index (Phi) is 16.3. The molecule has 0 aromatic carbocycles. The van der Waals surface area contributed by atoms with E-state index >= 15 is 35.1 Å². The van der Waals surface area contributed by atoms with Crippen molar-refractivity contribution in [2.24, 2.45) is 0 Å². The van der Waals surface area contributed by atoms with Crippen LogP contribution in [-0.4, -0.2) is 156 Å². The summed E-state index contributed by atoms with van der Waals surface area (Å²) in [5, 5.41) is -19.0. The maximum atomic E-state index is 16.2. The Morgan fingerprint density at radius 2 is 0.539 bits per heavy atom. The molecule has 0 amide bonds. The van der Waals surface area contributed by atoms with Crippen LogP contribution in [-0.2, 0) is 33.7 Å². The predicted molar refractivity (Wildman–Crippen MR) is 155 cm³/mol. The van der Waals surface area contributed by atoms with E-state index in [4.69, 9.17) is 0 Å². The third-order valence-electron chi connectivity index (χ3n) is 10.1. The molecule has 0 aliphatic heterocycles. The minimum absolute atomic E-state index is 0. The Labute approximate surface area is 389 Å². The monoisotopic (exact) mass is 1290 g/mol. The van der Waals surface area contributed by atoms with Crippen LogP contribution in [0.15, 0.2) is 0 Å². The van der Waals surface area contributed by atoms with Crippen molar-refractivity contribution < 1.29 is 202 Å². The molecule has 456 valence electrons. The fraction of sp³-hybridized carbons (Fsp3) is 1.00. The highest BCUT2D eigenvalue weighted by molar-refractivity contribution is 7.90. The molecule has 0 aromatic heterocycles. The number of phosphoric acid groups is 1. The lowest BCUT2D eigenvalue weighted by Gasteiger charge is -2.54. The van der Waals surface area contributed by atoms with E-state index in [0.29, 0.717) is 0 Å². The van der Waals surface area contributed by atoms with Crippen molar-refractivity contribution >= 4 is 27.9 Å². The quantitative estimate of drug-likeness (QED) is 0.0904. The Morgan fingerprint density at radius 3 is 0.684 bits per heavy atom. The summed E-state index contributed by atoms with van der Waals surface area (Å²) in [4.78, 5) is 12.2. The largest absolute Gasteiger partial charge is 0.756 e. The first-order valence-corrected chi connectivity index (χ1v) is 21.1. The number of likely N-dealkylation sites (N-methyl/N-ethyl adjacent to an activating group) is 2. The summed E-state index contributed by atoms with van der Waals surface area (Å²) >= 11 is 0. The third kappa shape index (κ3) is 7.45. The van der Waals surface area contributed by atoms with Crippen molar-refractivity contribution in [2.45, 2.75) is 131 Å². The SMILES string of the molecule is CCN(C(F)(C(F)(F)OP(=O)([O-])OC(F)(F)C(F)(N(CC)S(=O)(=O)C1(F)C(F)(F)C(F)(F)C(F)(F)C(F)(F)C1(F)F)C(F)(F)C(F)(F)F)C(F)(F)C(F)(F)F)S(=O)(=O)C1(F)C(F)(F)C(F)(F)C(F)(F)C(F)(F)C1(F)F.[NH4+]. The number of quaternary nitrogens is 1. The molecule has 2 atom stereocenters. The molecular weight excluding hydrogens is 1280 g/mol. The fourth-order valence-corrected chi connectivity index (χ4v) is 11.2. The highest BCUT2D eigenvalue weighted by atomic mass is 32.2. The summed E-state index contributed by atoms with van der Waals surface area (Å²) in [6.07, 6.45) is -36.9. The van der Waals surface area contributed by atoms with E-state index in [2.05, 4.69) is 0 Å². The molecule has 52 heteroatoms. The number of nitrogens with zero attached hydrogens (tertiary/aromatic N) is 2. The van der Waals surface area contributed by atoms with Crippen LogP contribution in [0.2, 0.25) is 0 Å². The number of sulfonamides is 2. The first kappa shape index (κ1) is 71.2. The molecule has 2 aliphatic carbocycles. The fourth-order valence-electron chi connectivity index (χ4n) is 6.21. The Balaban J connectivity index is 0.0000289. The van der Waals surface area contributed by atoms with E-state index in [1.54, 1.807) is 0 Å². The number of phosphoric ester groups is 1. The second kappa shape index (κ2) is 17.4. The second-order valence-corrected chi connectivity index (χ2v) is 19.5. The molecule has 0 aromatic rings. The topological polar surface area (TPSA) is 170 Å². The van der Waals surface area contributed by atoms with Crippen LogP contribution < -0.4 is 11.0 Å². The zero-order chi connectivity index (χ0) is 61.5. The van der Waals surface area contributed by atoms with Crippen LogP contribution in [0.3, 0.4) is 0 Å². The standard InChI is InChI=1S/C24H11F38N2O8PS2.H3N/c1-3-63(74(67,68)19(51)11(37,38)7(29,30)5(25,26)8(31,32)12(19,39)40)17(49,15(45,46)21(53,54)55)23(59,60)71-73(65,66)72-24(61,62)18(50,16(47,48)22(56,57)58)64(4-2)75(69,70)20(52)13(41,42)9(33,34)6(27,28)10(35,36)14(20,43)44;/h3-4H2,1-2H3,(H,65,66);1H3. The van der Waals surface area contributed by atoms with Gasteiger partial charge in [0.05, 0.1) is 0 Å². The molecular formula is C24H14F38N3O8PS2. The number of hydrogen-bond donors (Lipinski definition) is 1. The zero-order valence-electron chi connectivity index (χ0n) is 34.2. The van der Waals surface area contributed by atoms with Gasteiger partial charge < -0.3 is 11.0 Å². The lowest BCUT2D eigenvalue weighted by Crippen LogP contribution is -2.87. The molecule has 2 unspecified atom stereocenters. The predicted octanol–water partition coefficient (Wildman–Crippen LogP) is 10.8. The van der Waals surface area contributed by atoms with Crippen molar-refractivity contribution in [3.8, 4) is 0 Å². The van der Waals surface area contributed by atoms with Gasteiger partial charge in [-0.05, 0) is 0 Å². The van der Waals surface area contributed by atoms with Gasteiger partial charge in [0.1, 0.15) is 0 Å². The normalized spacial score (nSPS) is 27.1. The summed E-state index contributed by atoms with van der Waals surface area (Å²) in [6.45, 7) is -10.8. The van der Waals surface area contributed by atoms with E-state index < -0.39 is 181 Å². The van der Waals surface area contributed by atoms with E-state index in [0.717, 1.165) is 0 Å². The minimum atomic E-state index is -10.5. The van der Waals surface area contributed by atoms with Crippen molar-refractivity contribution in [1.82, 2.24) is 14.8 Å². The zero-order valence-corrected chi connectivity index (χ0v) is 36.7. The van der Waals surface area contributed by atoms with Gasteiger partial charge in [-0.15, -0.1) is 0 Å². The number of alkyl halides is 38. The van der Waals surface area contributed by atoms with Gasteiger partial charge in [0.2, 0.25) is 0 Å². The molecule has 0 saturated heterocycles. The Bertz CT molecular complexity index is 2290. The average Bonchev–Trinajstić information content (AvgIpc) is 3.16. The van der Waals surface area contributed by atoms with Crippen molar-refractivity contribution in [3.05, 3.63) is 0 Å². The lowest BCUT2D eigenvalue weighted by molar-refractivity contribution is -0.471. The molecule has 11 nitrogen and oxygen atoms in total. The van der Waals surface area contributed by atoms with Gasteiger partial charge in [-0.2, -0.15) is 158 Å². The van der Waals surface area contributed by atoms with E-state index in [-0.39, 0.29) is 6.15 Å². The maximum Gasteiger partial charge on any atom is 0.458 e.